The van der Waals surface area contributed by atoms with Crippen LogP contribution < -0.4 is 0 Å². The monoisotopic (exact) mass is 172 g/mol. The lowest BCUT2D eigenvalue weighted by Crippen LogP contribution is -1.96. The van der Waals surface area contributed by atoms with Crippen LogP contribution in [0.4, 0.5) is 0 Å². The third-order valence-corrected chi connectivity index (χ3v) is 1.11. The fourth-order valence-electron chi connectivity index (χ4n) is 0.513. The molecule has 0 unspecified atom stereocenters. The highest BCUT2D eigenvalue weighted by atomic mass is 16.5. The van der Waals surface area contributed by atoms with E-state index < -0.39 is 0 Å². The van der Waals surface area contributed by atoms with Gasteiger partial charge in [-0.3, -0.25) is 0 Å². The minimum atomic E-state index is 0.691. The molecule has 0 saturated carbocycles. The van der Waals surface area contributed by atoms with Crippen molar-refractivity contribution < 1.29 is 14.2 Å². The molecule has 12 heavy (non-hydrogen) atoms. The van der Waals surface area contributed by atoms with E-state index in [1.54, 1.807) is 20.5 Å². The first-order valence-corrected chi connectivity index (χ1v) is 3.83. The van der Waals surface area contributed by atoms with Crippen molar-refractivity contribution in [3.8, 4) is 0 Å². The van der Waals surface area contributed by atoms with Crippen LogP contribution in [-0.2, 0) is 14.2 Å². The van der Waals surface area contributed by atoms with E-state index in [1.807, 2.05) is 18.2 Å². The number of hydrogen-bond acceptors (Lipinski definition) is 3. The predicted molar refractivity (Wildman–Crippen MR) is 48.0 cm³/mol. The van der Waals surface area contributed by atoms with E-state index in [4.69, 9.17) is 4.74 Å². The Morgan fingerprint density at radius 3 is 2.00 bits per heavy atom. The maximum atomic E-state index is 4.80. The molecular formula is C9H16O3. The van der Waals surface area contributed by atoms with Gasteiger partial charge in [0.25, 0.3) is 0 Å². The Labute approximate surface area is 73.6 Å². The van der Waals surface area contributed by atoms with Crippen LogP contribution in [-0.4, -0.2) is 34.0 Å². The molecule has 0 N–H and O–H groups in total. The maximum absolute atomic E-state index is 4.80. The van der Waals surface area contributed by atoms with Gasteiger partial charge in [0.1, 0.15) is 6.61 Å². The van der Waals surface area contributed by atoms with Crippen molar-refractivity contribution in [1.29, 1.82) is 0 Å². The van der Waals surface area contributed by atoms with Gasteiger partial charge in [-0.15, -0.1) is 0 Å². The molecule has 0 saturated heterocycles. The first-order chi connectivity index (χ1) is 5.91. The van der Waals surface area contributed by atoms with E-state index in [9.17, 15) is 0 Å². The van der Waals surface area contributed by atoms with Crippen LogP contribution >= 0.6 is 0 Å². The molecule has 0 bridgehead atoms. The number of rotatable bonds is 3. The van der Waals surface area contributed by atoms with Crippen LogP contribution in [0.2, 0.25) is 0 Å². The number of methoxy groups -OCH3 is 2. The topological polar surface area (TPSA) is 27.7 Å². The Morgan fingerprint density at radius 1 is 1.17 bits per heavy atom. The molecule has 1 heterocycles. The van der Waals surface area contributed by atoms with Gasteiger partial charge < -0.3 is 14.2 Å². The zero-order valence-electron chi connectivity index (χ0n) is 7.66. The molecule has 0 amide bonds. The van der Waals surface area contributed by atoms with Gasteiger partial charge in [-0.25, -0.2) is 0 Å². The van der Waals surface area contributed by atoms with Crippen LogP contribution in [0.15, 0.2) is 24.5 Å². The molecule has 70 valence electrons. The third-order valence-electron chi connectivity index (χ3n) is 1.11. The molecule has 0 aromatic rings. The molecule has 0 radical (unpaired) electrons. The molecule has 0 aromatic heterocycles. The molecule has 1 aliphatic rings. The van der Waals surface area contributed by atoms with Crippen molar-refractivity contribution in [1.82, 2.24) is 0 Å². The summed E-state index contributed by atoms with van der Waals surface area (Å²) >= 11 is 0. The van der Waals surface area contributed by atoms with Crippen molar-refractivity contribution in [2.75, 3.05) is 34.0 Å². The lowest BCUT2D eigenvalue weighted by atomic mass is 10.5. The molecule has 3 heteroatoms. The zero-order chi connectivity index (χ0) is 9.07. The molecule has 1 rings (SSSR count). The fourth-order valence-corrected chi connectivity index (χ4v) is 0.513. The highest BCUT2D eigenvalue weighted by molar-refractivity contribution is 5.02. The summed E-state index contributed by atoms with van der Waals surface area (Å²) in [5.41, 5.74) is 0. The average molecular weight is 172 g/mol. The Morgan fingerprint density at radius 2 is 1.83 bits per heavy atom. The fraction of sp³-hybridized carbons (Fsp3) is 0.556. The lowest BCUT2D eigenvalue weighted by Gasteiger charge is -1.94. The van der Waals surface area contributed by atoms with E-state index in [1.165, 1.54) is 0 Å². The Hall–Kier alpha value is -0.800. The van der Waals surface area contributed by atoms with Crippen molar-refractivity contribution >= 4 is 0 Å². The van der Waals surface area contributed by atoms with Gasteiger partial charge in [0.05, 0.1) is 19.5 Å². The second-order valence-electron chi connectivity index (χ2n) is 2.08. The number of allylic oxidation sites excluding steroid dienone is 2. The Bertz CT molecular complexity index is 114. The number of ether oxygens (including phenoxy) is 3. The van der Waals surface area contributed by atoms with Gasteiger partial charge in [-0.1, -0.05) is 6.08 Å². The van der Waals surface area contributed by atoms with Crippen LogP contribution in [0.5, 0.6) is 0 Å². The Balaban J connectivity index is 0.000000202. The minimum Gasteiger partial charge on any atom is -0.497 e. The quantitative estimate of drug-likeness (QED) is 0.602. The molecule has 0 atom stereocenters. The summed E-state index contributed by atoms with van der Waals surface area (Å²) in [4.78, 5) is 0. The van der Waals surface area contributed by atoms with Gasteiger partial charge in [0.15, 0.2) is 0 Å². The highest BCUT2D eigenvalue weighted by Gasteiger charge is 1.75. The smallest absolute Gasteiger partial charge is 0.106 e. The molecule has 0 aliphatic carbocycles. The largest absolute Gasteiger partial charge is 0.497 e. The second-order valence-corrected chi connectivity index (χ2v) is 2.08. The second kappa shape index (κ2) is 10.2. The average Bonchev–Trinajstić information content (AvgIpc) is 2.18. The molecule has 1 aliphatic heterocycles. The van der Waals surface area contributed by atoms with Crippen molar-refractivity contribution in [3.05, 3.63) is 24.5 Å². The van der Waals surface area contributed by atoms with E-state index in [-0.39, 0.29) is 0 Å². The summed E-state index contributed by atoms with van der Waals surface area (Å²) in [5.74, 6) is 0. The molecule has 0 spiro atoms. The zero-order valence-corrected chi connectivity index (χ0v) is 7.66. The van der Waals surface area contributed by atoms with Crippen molar-refractivity contribution in [2.45, 2.75) is 0 Å². The lowest BCUT2D eigenvalue weighted by molar-refractivity contribution is 0.103. The normalized spacial score (nSPS) is 13.2. The minimum absolute atomic E-state index is 0.691. The standard InChI is InChI=1S/C5H6O.C4H10O2/c1-2-4-6-5-3-1;1-5-3-4-6-2/h1-4H,5H2;3-4H2,1-2H3. The maximum Gasteiger partial charge on any atom is 0.106 e. The highest BCUT2D eigenvalue weighted by Crippen LogP contribution is 1.87. The number of hydrogen-bond donors (Lipinski definition) is 0. The summed E-state index contributed by atoms with van der Waals surface area (Å²) in [6, 6.07) is 0. The summed E-state index contributed by atoms with van der Waals surface area (Å²) in [7, 11) is 3.30. The van der Waals surface area contributed by atoms with Crippen LogP contribution in [0.3, 0.4) is 0 Å². The van der Waals surface area contributed by atoms with Gasteiger partial charge in [0.2, 0.25) is 0 Å². The van der Waals surface area contributed by atoms with Crippen LogP contribution in [0.25, 0.3) is 0 Å². The van der Waals surface area contributed by atoms with E-state index in [0.29, 0.717) is 13.2 Å². The molecule has 0 fully saturated rings. The van der Waals surface area contributed by atoms with Crippen molar-refractivity contribution in [2.24, 2.45) is 0 Å². The van der Waals surface area contributed by atoms with Gasteiger partial charge in [-0.05, 0) is 12.2 Å². The van der Waals surface area contributed by atoms with E-state index in [0.717, 1.165) is 6.61 Å². The van der Waals surface area contributed by atoms with Gasteiger partial charge in [0, 0.05) is 14.2 Å². The van der Waals surface area contributed by atoms with Gasteiger partial charge in [-0.2, -0.15) is 0 Å². The SMILES string of the molecule is C1=CCOC=C1.COCCOC. The third kappa shape index (κ3) is 9.20. The molecule has 0 aromatic carbocycles. The first kappa shape index (κ1) is 11.2. The molecule has 3 nitrogen and oxygen atoms in total. The van der Waals surface area contributed by atoms with Crippen molar-refractivity contribution in [3.63, 3.8) is 0 Å². The molecular weight excluding hydrogens is 156 g/mol. The van der Waals surface area contributed by atoms with E-state index in [2.05, 4.69) is 9.47 Å². The summed E-state index contributed by atoms with van der Waals surface area (Å²) in [6.07, 6.45) is 7.47. The van der Waals surface area contributed by atoms with Crippen LogP contribution in [0, 0.1) is 0 Å². The van der Waals surface area contributed by atoms with Crippen LogP contribution in [0.1, 0.15) is 0 Å². The predicted octanol–water partition coefficient (Wildman–Crippen LogP) is 1.37. The van der Waals surface area contributed by atoms with Gasteiger partial charge >= 0.3 is 0 Å². The summed E-state index contributed by atoms with van der Waals surface area (Å²) in [6.45, 7) is 2.11. The first-order valence-electron chi connectivity index (χ1n) is 3.83. The summed E-state index contributed by atoms with van der Waals surface area (Å²) < 4.78 is 14.1. The summed E-state index contributed by atoms with van der Waals surface area (Å²) in [5, 5.41) is 0. The van der Waals surface area contributed by atoms with E-state index >= 15 is 0 Å². The Kier molecular flexibility index (Phi) is 9.52.